The molecule has 1 aromatic carbocycles. The van der Waals surface area contributed by atoms with Crippen LogP contribution in [0.25, 0.3) is 0 Å². The summed E-state index contributed by atoms with van der Waals surface area (Å²) >= 11 is 11.9. The van der Waals surface area contributed by atoms with Crippen molar-refractivity contribution in [3.63, 3.8) is 0 Å². The summed E-state index contributed by atoms with van der Waals surface area (Å²) in [4.78, 5) is 26.9. The van der Waals surface area contributed by atoms with Crippen LogP contribution in [0.3, 0.4) is 0 Å². The van der Waals surface area contributed by atoms with Crippen molar-refractivity contribution in [2.45, 2.75) is 31.0 Å². The Balaban J connectivity index is 2.34. The maximum absolute atomic E-state index is 14.0. The summed E-state index contributed by atoms with van der Waals surface area (Å²) in [7, 11) is 1.21. The molecule has 0 aliphatic rings. The number of pyridine rings is 1. The lowest BCUT2D eigenvalue weighted by atomic mass is 9.78. The fourth-order valence-corrected chi connectivity index (χ4v) is 3.54. The number of alkyl halides is 3. The Labute approximate surface area is 186 Å². The molecule has 2 atom stereocenters. The molecule has 11 heteroatoms. The number of methoxy groups -OCH3 is 1. The number of aromatic nitrogens is 1. The van der Waals surface area contributed by atoms with E-state index in [1.165, 1.54) is 32.2 Å². The second kappa shape index (κ2) is 9.84. The van der Waals surface area contributed by atoms with E-state index in [0.717, 1.165) is 18.3 Å². The Hall–Kier alpha value is -2.36. The number of nitrogens with one attached hydrogen (secondary N) is 1. The van der Waals surface area contributed by atoms with E-state index in [1.807, 2.05) is 0 Å². The largest absolute Gasteiger partial charge is 0.469 e. The molecule has 0 spiro atoms. The van der Waals surface area contributed by atoms with Gasteiger partial charge in [-0.3, -0.25) is 9.59 Å². The number of hydrogen-bond donors (Lipinski definition) is 2. The minimum atomic E-state index is -5.07. The number of nitrogens with zero attached hydrogens (tertiary/aromatic N) is 1. The van der Waals surface area contributed by atoms with Crippen molar-refractivity contribution >= 4 is 35.1 Å². The second-order valence-electron chi connectivity index (χ2n) is 6.67. The molecule has 1 amide bonds. The molecule has 2 unspecified atom stereocenters. The van der Waals surface area contributed by atoms with Crippen molar-refractivity contribution in [1.82, 2.24) is 10.3 Å². The van der Waals surface area contributed by atoms with Crippen LogP contribution in [0.1, 0.15) is 40.7 Å². The van der Waals surface area contributed by atoms with E-state index in [2.05, 4.69) is 15.0 Å². The van der Waals surface area contributed by atoms with Gasteiger partial charge in [-0.25, -0.2) is 4.98 Å². The Kier molecular flexibility index (Phi) is 7.91. The van der Waals surface area contributed by atoms with Gasteiger partial charge in [-0.05, 0) is 35.4 Å². The topological polar surface area (TPSA) is 88.5 Å². The predicted molar refractivity (Wildman–Crippen MR) is 108 cm³/mol. The molecule has 2 N–H and O–H groups in total. The monoisotopic (exact) mass is 478 g/mol. The molecule has 6 nitrogen and oxygen atoms in total. The molecule has 31 heavy (non-hydrogen) atoms. The van der Waals surface area contributed by atoms with Crippen molar-refractivity contribution in [2.24, 2.45) is 0 Å². The number of rotatable bonds is 7. The van der Waals surface area contributed by atoms with Gasteiger partial charge in [0.1, 0.15) is 5.15 Å². The van der Waals surface area contributed by atoms with Crippen LogP contribution in [0.4, 0.5) is 13.2 Å². The van der Waals surface area contributed by atoms with Gasteiger partial charge >= 0.3 is 12.1 Å². The zero-order valence-electron chi connectivity index (χ0n) is 16.5. The van der Waals surface area contributed by atoms with Crippen molar-refractivity contribution in [3.8, 4) is 0 Å². The van der Waals surface area contributed by atoms with Crippen LogP contribution >= 0.6 is 23.2 Å². The average Bonchev–Trinajstić information content (AvgIpc) is 2.71. The van der Waals surface area contributed by atoms with Gasteiger partial charge in [0.05, 0.1) is 13.5 Å². The van der Waals surface area contributed by atoms with Gasteiger partial charge in [-0.2, -0.15) is 13.2 Å². The molecule has 1 aromatic heterocycles. The molecule has 0 radical (unpaired) electrons. The number of carbonyl (C=O) groups is 2. The quantitative estimate of drug-likeness (QED) is 0.459. The van der Waals surface area contributed by atoms with Crippen LogP contribution in [-0.2, 0) is 15.1 Å². The van der Waals surface area contributed by atoms with Crippen LogP contribution in [0, 0.1) is 0 Å². The minimum absolute atomic E-state index is 0.0118. The van der Waals surface area contributed by atoms with Gasteiger partial charge in [0, 0.05) is 29.2 Å². The number of ether oxygens (including phenoxy) is 1. The highest BCUT2D eigenvalue weighted by Crippen LogP contribution is 2.49. The van der Waals surface area contributed by atoms with E-state index >= 15 is 0 Å². The molecule has 0 saturated carbocycles. The van der Waals surface area contributed by atoms with E-state index in [4.69, 9.17) is 23.2 Å². The van der Waals surface area contributed by atoms with E-state index in [-0.39, 0.29) is 34.3 Å². The van der Waals surface area contributed by atoms with Gasteiger partial charge in [-0.1, -0.05) is 36.2 Å². The highest BCUT2D eigenvalue weighted by atomic mass is 35.5. The number of hydrogen-bond acceptors (Lipinski definition) is 5. The zero-order chi connectivity index (χ0) is 23.4. The highest BCUT2D eigenvalue weighted by Gasteiger charge is 2.59. The summed E-state index contributed by atoms with van der Waals surface area (Å²) in [6, 6.07) is 5.66. The Morgan fingerprint density at radius 2 is 1.90 bits per heavy atom. The third kappa shape index (κ3) is 5.47. The SMILES string of the molecule is COC(=O)CCNC(=O)c1ccc(C(C)C(O)(c2ccnc(Cl)c2)C(F)(F)F)c(Cl)c1. The number of benzene rings is 1. The first-order valence-electron chi connectivity index (χ1n) is 8.97. The van der Waals surface area contributed by atoms with Gasteiger partial charge in [0.2, 0.25) is 0 Å². The molecular formula is C20H19Cl2F3N2O4. The smallest absolute Gasteiger partial charge is 0.422 e. The summed E-state index contributed by atoms with van der Waals surface area (Å²) in [5.74, 6) is -2.63. The fraction of sp³-hybridized carbons (Fsp3) is 0.350. The first-order valence-corrected chi connectivity index (χ1v) is 9.73. The molecule has 2 rings (SSSR count). The van der Waals surface area contributed by atoms with Crippen molar-refractivity contribution < 1.29 is 32.6 Å². The Morgan fingerprint density at radius 3 is 2.45 bits per heavy atom. The van der Waals surface area contributed by atoms with E-state index in [0.29, 0.717) is 0 Å². The van der Waals surface area contributed by atoms with Gasteiger partial charge in [-0.15, -0.1) is 0 Å². The van der Waals surface area contributed by atoms with Crippen molar-refractivity contribution in [3.05, 3.63) is 63.4 Å². The van der Waals surface area contributed by atoms with Crippen molar-refractivity contribution in [1.29, 1.82) is 0 Å². The maximum Gasteiger partial charge on any atom is 0.422 e. The summed E-state index contributed by atoms with van der Waals surface area (Å²) in [6.45, 7) is 1.18. The zero-order valence-corrected chi connectivity index (χ0v) is 18.0. The molecule has 1 heterocycles. The molecule has 0 bridgehead atoms. The standard InChI is InChI=1S/C20H19Cl2F3N2O4/c1-11(19(30,20(23,24)25)13-5-7-26-16(22)10-13)14-4-3-12(9-15(14)21)18(29)27-8-6-17(28)31-2/h3-5,7,9-11,30H,6,8H2,1-2H3,(H,27,29). The summed E-state index contributed by atoms with van der Waals surface area (Å²) in [6.07, 6.45) is -4.05. The van der Waals surface area contributed by atoms with Crippen molar-refractivity contribution in [2.75, 3.05) is 13.7 Å². The number of esters is 1. The Bertz CT molecular complexity index is 972. The summed E-state index contributed by atoms with van der Waals surface area (Å²) in [5, 5.41) is 12.9. The maximum atomic E-state index is 14.0. The lowest BCUT2D eigenvalue weighted by Gasteiger charge is -2.37. The van der Waals surface area contributed by atoms with Gasteiger partial charge < -0.3 is 15.2 Å². The van der Waals surface area contributed by atoms with Crippen LogP contribution in [0.5, 0.6) is 0 Å². The molecular weight excluding hydrogens is 460 g/mol. The first kappa shape index (κ1) is 24.9. The second-order valence-corrected chi connectivity index (χ2v) is 7.47. The van der Waals surface area contributed by atoms with Crippen LogP contribution in [0.2, 0.25) is 10.2 Å². The predicted octanol–water partition coefficient (Wildman–Crippen LogP) is 4.23. The molecule has 0 aliphatic carbocycles. The van der Waals surface area contributed by atoms with Gasteiger partial charge in [0.25, 0.3) is 5.91 Å². The van der Waals surface area contributed by atoms with E-state index in [9.17, 15) is 27.9 Å². The van der Waals surface area contributed by atoms with E-state index in [1.54, 1.807) is 0 Å². The average molecular weight is 479 g/mol. The molecule has 168 valence electrons. The molecule has 0 saturated heterocycles. The fourth-order valence-electron chi connectivity index (χ4n) is 3.03. The number of amides is 1. The number of aliphatic hydroxyl groups is 1. The van der Waals surface area contributed by atoms with Crippen LogP contribution in [-0.4, -0.2) is 41.8 Å². The Morgan fingerprint density at radius 1 is 1.23 bits per heavy atom. The highest BCUT2D eigenvalue weighted by molar-refractivity contribution is 6.31. The molecule has 0 aliphatic heterocycles. The lowest BCUT2D eigenvalue weighted by Crippen LogP contribution is -2.46. The number of carbonyl (C=O) groups excluding carboxylic acids is 2. The third-order valence-corrected chi connectivity index (χ3v) is 5.33. The summed E-state index contributed by atoms with van der Waals surface area (Å²) in [5.41, 5.74) is -3.75. The normalized spacial score (nSPS) is 14.5. The van der Waals surface area contributed by atoms with E-state index < -0.39 is 35.1 Å². The number of halogens is 5. The van der Waals surface area contributed by atoms with Crippen LogP contribution in [0.15, 0.2) is 36.5 Å². The first-order chi connectivity index (χ1) is 14.4. The van der Waals surface area contributed by atoms with Gasteiger partial charge in [0.15, 0.2) is 5.60 Å². The third-order valence-electron chi connectivity index (χ3n) is 4.80. The molecule has 0 fully saturated rings. The lowest BCUT2D eigenvalue weighted by molar-refractivity contribution is -0.274. The summed E-state index contributed by atoms with van der Waals surface area (Å²) < 4.78 is 46.4. The minimum Gasteiger partial charge on any atom is -0.469 e. The molecule has 2 aromatic rings. The van der Waals surface area contributed by atoms with Crippen LogP contribution < -0.4 is 5.32 Å².